The van der Waals surface area contributed by atoms with Crippen LogP contribution in [0.4, 0.5) is 0 Å². The molecule has 2 aromatic rings. The lowest BCUT2D eigenvalue weighted by Gasteiger charge is -2.57. The number of fused-ring (bicyclic) bond motifs is 1. The summed E-state index contributed by atoms with van der Waals surface area (Å²) in [5, 5.41) is 10.1. The van der Waals surface area contributed by atoms with Crippen LogP contribution in [0.3, 0.4) is 0 Å². The van der Waals surface area contributed by atoms with Gasteiger partial charge in [0, 0.05) is 55.5 Å². The molecule has 2 saturated heterocycles. The third-order valence-corrected chi connectivity index (χ3v) is 6.49. The predicted molar refractivity (Wildman–Crippen MR) is 121 cm³/mol. The predicted octanol–water partition coefficient (Wildman–Crippen LogP) is 3.66. The lowest BCUT2D eigenvalue weighted by Crippen LogP contribution is -2.67. The first-order valence-electron chi connectivity index (χ1n) is 11.4. The second kappa shape index (κ2) is 10.2. The number of rotatable bonds is 5. The van der Waals surface area contributed by atoms with Crippen LogP contribution in [0.2, 0.25) is 0 Å². The molecule has 1 N–H and O–H groups in total. The number of unbranched alkanes of at least 4 members (excludes halogenated alkanes) is 1. The Morgan fingerprint density at radius 2 is 1.97 bits per heavy atom. The fraction of sp³-hybridized carbons (Fsp3) is 0.500. The van der Waals surface area contributed by atoms with Crippen molar-refractivity contribution in [1.29, 1.82) is 0 Å². The molecule has 30 heavy (non-hydrogen) atoms. The van der Waals surface area contributed by atoms with Crippen molar-refractivity contribution < 1.29 is 5.11 Å². The van der Waals surface area contributed by atoms with Gasteiger partial charge in [-0.3, -0.25) is 14.8 Å². The average molecular weight is 404 g/mol. The van der Waals surface area contributed by atoms with E-state index < -0.39 is 0 Å². The van der Waals surface area contributed by atoms with Gasteiger partial charge in [0.1, 0.15) is 0 Å². The largest absolute Gasteiger partial charge is 0.395 e. The summed E-state index contributed by atoms with van der Waals surface area (Å²) in [6.07, 6.45) is 8.25. The van der Waals surface area contributed by atoms with Crippen molar-refractivity contribution in [2.75, 3.05) is 26.2 Å². The summed E-state index contributed by atoms with van der Waals surface area (Å²) in [5.41, 5.74) is 3.69. The summed E-state index contributed by atoms with van der Waals surface area (Å²) in [6, 6.07) is 13.6. The zero-order chi connectivity index (χ0) is 20.8. The maximum Gasteiger partial charge on any atom is 0.0593 e. The molecular formula is C26H33N3O. The summed E-state index contributed by atoms with van der Waals surface area (Å²) in [7, 11) is 0. The molecule has 0 bridgehead atoms. The van der Waals surface area contributed by atoms with Crippen LogP contribution in [0.1, 0.15) is 55.2 Å². The Morgan fingerprint density at radius 1 is 1.13 bits per heavy atom. The molecule has 0 unspecified atom stereocenters. The van der Waals surface area contributed by atoms with Crippen LogP contribution in [0, 0.1) is 11.8 Å². The molecule has 0 amide bonds. The zero-order valence-electron chi connectivity index (χ0n) is 18.0. The van der Waals surface area contributed by atoms with Gasteiger partial charge in [0.25, 0.3) is 0 Å². The van der Waals surface area contributed by atoms with E-state index in [9.17, 15) is 5.11 Å². The van der Waals surface area contributed by atoms with E-state index >= 15 is 0 Å². The minimum absolute atomic E-state index is 0.224. The van der Waals surface area contributed by atoms with Crippen molar-refractivity contribution in [2.24, 2.45) is 0 Å². The van der Waals surface area contributed by atoms with E-state index in [1.165, 1.54) is 24.0 Å². The minimum Gasteiger partial charge on any atom is -0.395 e. The molecule has 4 nitrogen and oxygen atoms in total. The molecule has 158 valence electrons. The molecule has 4 heteroatoms. The third kappa shape index (κ3) is 4.75. The van der Waals surface area contributed by atoms with Crippen molar-refractivity contribution in [2.45, 2.75) is 57.2 Å². The summed E-state index contributed by atoms with van der Waals surface area (Å²) in [6.45, 7) is 6.58. The Bertz CT molecular complexity index is 855. The molecule has 0 saturated carbocycles. The fourth-order valence-corrected chi connectivity index (χ4v) is 4.98. The summed E-state index contributed by atoms with van der Waals surface area (Å²) < 4.78 is 0. The number of aliphatic hydroxyl groups excluding tert-OH is 1. The molecule has 2 aliphatic rings. The first-order valence-corrected chi connectivity index (χ1v) is 11.4. The van der Waals surface area contributed by atoms with Crippen LogP contribution in [0.15, 0.2) is 48.8 Å². The highest BCUT2D eigenvalue weighted by molar-refractivity contribution is 5.39. The van der Waals surface area contributed by atoms with Crippen molar-refractivity contribution >= 4 is 0 Å². The van der Waals surface area contributed by atoms with Gasteiger partial charge in [0.05, 0.1) is 6.61 Å². The van der Waals surface area contributed by atoms with Crippen LogP contribution >= 0.6 is 0 Å². The van der Waals surface area contributed by atoms with Gasteiger partial charge in [-0.1, -0.05) is 37.0 Å². The standard InChI is InChI=1S/C26H33N3O/c1-2-3-4-8-21-10-12-23(13-11-21)26-24-19-28(18-22-9-7-14-27-17-22)15-5-6-16-29(24)25(26)20-30/h7,9-14,17,24-26,30H,2-3,5-6,15-16,18-20H2,1H3/t24-,25-,26-/m1/s1. The van der Waals surface area contributed by atoms with Crippen LogP contribution < -0.4 is 0 Å². The van der Waals surface area contributed by atoms with E-state index in [2.05, 4.69) is 63.9 Å². The second-order valence-electron chi connectivity index (χ2n) is 8.56. The van der Waals surface area contributed by atoms with Crippen molar-refractivity contribution in [3.63, 3.8) is 0 Å². The van der Waals surface area contributed by atoms with Gasteiger partial charge >= 0.3 is 0 Å². The van der Waals surface area contributed by atoms with Crippen molar-refractivity contribution in [3.8, 4) is 11.8 Å². The van der Waals surface area contributed by atoms with Crippen LogP contribution in [0.5, 0.6) is 0 Å². The molecule has 1 aromatic carbocycles. The lowest BCUT2D eigenvalue weighted by atomic mass is 9.74. The topological polar surface area (TPSA) is 39.6 Å². The monoisotopic (exact) mass is 403 g/mol. The molecule has 3 heterocycles. The Kier molecular flexibility index (Phi) is 7.17. The first-order chi connectivity index (χ1) is 14.8. The van der Waals surface area contributed by atoms with Gasteiger partial charge in [0.15, 0.2) is 0 Å². The van der Waals surface area contributed by atoms with E-state index in [1.807, 2.05) is 18.5 Å². The SMILES string of the molecule is CCCC#Cc1ccc([C@H]2[C@@H](CO)N3CCCCN(Cc4cccnc4)C[C@H]23)cc1. The Hall–Kier alpha value is -2.19. The second-order valence-corrected chi connectivity index (χ2v) is 8.56. The van der Waals surface area contributed by atoms with Crippen LogP contribution in [0.25, 0.3) is 0 Å². The molecule has 4 rings (SSSR count). The van der Waals surface area contributed by atoms with Gasteiger partial charge in [-0.2, -0.15) is 0 Å². The zero-order valence-corrected chi connectivity index (χ0v) is 18.0. The van der Waals surface area contributed by atoms with Crippen molar-refractivity contribution in [3.05, 3.63) is 65.5 Å². The van der Waals surface area contributed by atoms with E-state index in [1.54, 1.807) is 0 Å². The van der Waals surface area contributed by atoms with Gasteiger partial charge in [0.2, 0.25) is 0 Å². The quantitative estimate of drug-likeness (QED) is 0.774. The van der Waals surface area contributed by atoms with Crippen LogP contribution in [-0.2, 0) is 6.54 Å². The van der Waals surface area contributed by atoms with Gasteiger partial charge in [-0.25, -0.2) is 0 Å². The van der Waals surface area contributed by atoms with Crippen LogP contribution in [-0.4, -0.2) is 58.2 Å². The molecule has 2 aliphatic heterocycles. The molecule has 1 aromatic heterocycles. The number of aromatic nitrogens is 1. The molecular weight excluding hydrogens is 370 g/mol. The molecule has 0 aliphatic carbocycles. The Balaban J connectivity index is 1.50. The summed E-state index contributed by atoms with van der Waals surface area (Å²) >= 11 is 0. The number of aliphatic hydroxyl groups is 1. The molecule has 0 spiro atoms. The van der Waals surface area contributed by atoms with Gasteiger partial charge in [-0.05, 0) is 61.7 Å². The number of benzene rings is 1. The highest BCUT2D eigenvalue weighted by Gasteiger charge is 2.48. The average Bonchev–Trinajstić information content (AvgIpc) is 2.76. The maximum absolute atomic E-state index is 10.1. The van der Waals surface area contributed by atoms with E-state index in [0.717, 1.165) is 44.6 Å². The van der Waals surface area contributed by atoms with E-state index in [4.69, 9.17) is 0 Å². The van der Waals surface area contributed by atoms with Crippen molar-refractivity contribution in [1.82, 2.24) is 14.8 Å². The Labute approximate surface area is 180 Å². The Morgan fingerprint density at radius 3 is 2.70 bits per heavy atom. The highest BCUT2D eigenvalue weighted by atomic mass is 16.3. The fourth-order valence-electron chi connectivity index (χ4n) is 4.98. The molecule has 2 fully saturated rings. The first kappa shape index (κ1) is 21.1. The number of hydrogen-bond donors (Lipinski definition) is 1. The normalized spacial score (nSPS) is 24.7. The molecule has 3 atom stereocenters. The minimum atomic E-state index is 0.224. The van der Waals surface area contributed by atoms with Gasteiger partial charge in [-0.15, -0.1) is 0 Å². The maximum atomic E-state index is 10.1. The summed E-state index contributed by atoms with van der Waals surface area (Å²) in [4.78, 5) is 9.39. The molecule has 0 radical (unpaired) electrons. The van der Waals surface area contributed by atoms with E-state index in [-0.39, 0.29) is 12.6 Å². The third-order valence-electron chi connectivity index (χ3n) is 6.49. The summed E-state index contributed by atoms with van der Waals surface area (Å²) in [5.74, 6) is 6.86. The lowest BCUT2D eigenvalue weighted by molar-refractivity contribution is -0.0655. The number of hydrogen-bond acceptors (Lipinski definition) is 4. The number of nitrogens with zero attached hydrogens (tertiary/aromatic N) is 3. The van der Waals surface area contributed by atoms with E-state index in [0.29, 0.717) is 12.0 Å². The van der Waals surface area contributed by atoms with Gasteiger partial charge < -0.3 is 5.11 Å². The smallest absolute Gasteiger partial charge is 0.0593 e. The number of pyridine rings is 1. The highest BCUT2D eigenvalue weighted by Crippen LogP contribution is 2.42.